The molecule has 146 valence electrons. The molecule has 11 heteroatoms. The highest BCUT2D eigenvalue weighted by Gasteiger charge is 2.34. The van der Waals surface area contributed by atoms with E-state index in [1.54, 1.807) is 6.07 Å². The van der Waals surface area contributed by atoms with Crippen molar-refractivity contribution in [2.24, 2.45) is 0 Å². The number of anilines is 2. The molecule has 2 aromatic rings. The third-order valence-electron chi connectivity index (χ3n) is 3.97. The van der Waals surface area contributed by atoms with E-state index < -0.39 is 17.9 Å². The Hall–Kier alpha value is -2.85. The van der Waals surface area contributed by atoms with Gasteiger partial charge in [-0.25, -0.2) is 19.8 Å². The molecular weight excluding hydrogens is 365 g/mol. The number of amides is 2. The number of alkyl halides is 3. The summed E-state index contributed by atoms with van der Waals surface area (Å²) in [7, 11) is 0. The van der Waals surface area contributed by atoms with Gasteiger partial charge in [-0.3, -0.25) is 10.3 Å². The van der Waals surface area contributed by atoms with Gasteiger partial charge >= 0.3 is 12.2 Å². The lowest BCUT2D eigenvalue weighted by atomic mass is 9.92. The number of aromatic nitrogens is 3. The maximum atomic E-state index is 12.6. The maximum Gasteiger partial charge on any atom is 0.434 e. The Kier molecular flexibility index (Phi) is 4.70. The van der Waals surface area contributed by atoms with Crippen molar-refractivity contribution in [1.29, 1.82) is 0 Å². The minimum absolute atomic E-state index is 0.156. The number of halogens is 3. The molecular formula is C16H19F3N6O2. The fourth-order valence-electron chi connectivity index (χ4n) is 2.52. The van der Waals surface area contributed by atoms with Crippen LogP contribution in [0, 0.1) is 0 Å². The second-order valence-corrected chi connectivity index (χ2v) is 7.11. The number of hydrazine groups is 1. The van der Waals surface area contributed by atoms with E-state index in [1.165, 1.54) is 10.0 Å². The summed E-state index contributed by atoms with van der Waals surface area (Å²) in [6.45, 7) is 6.69. The molecule has 3 heterocycles. The third-order valence-corrected chi connectivity index (χ3v) is 3.97. The predicted molar refractivity (Wildman–Crippen MR) is 89.9 cm³/mol. The molecule has 1 aliphatic heterocycles. The average Bonchev–Trinajstić information content (AvgIpc) is 3.22. The van der Waals surface area contributed by atoms with Gasteiger partial charge in [0.05, 0.1) is 18.1 Å². The van der Waals surface area contributed by atoms with E-state index in [0.717, 1.165) is 6.20 Å². The van der Waals surface area contributed by atoms with Crippen LogP contribution >= 0.6 is 0 Å². The number of carbonyl (C=O) groups is 1. The lowest BCUT2D eigenvalue weighted by Crippen LogP contribution is -2.44. The average molecular weight is 384 g/mol. The number of hydrogen-bond acceptors (Lipinski definition) is 6. The van der Waals surface area contributed by atoms with E-state index in [-0.39, 0.29) is 17.1 Å². The van der Waals surface area contributed by atoms with E-state index >= 15 is 0 Å². The molecule has 1 fully saturated rings. The van der Waals surface area contributed by atoms with Gasteiger partial charge in [0.15, 0.2) is 11.5 Å². The van der Waals surface area contributed by atoms with Crippen molar-refractivity contribution in [2.75, 3.05) is 23.4 Å². The van der Waals surface area contributed by atoms with Gasteiger partial charge in [-0.15, -0.1) is 0 Å². The highest BCUT2D eigenvalue weighted by atomic mass is 19.4. The molecule has 0 saturated carbocycles. The SMILES string of the molecule is CC(C)(C)c1cc(NC(=O)N2CCCN2c2cnc(C(F)(F)F)cn2)on1. The summed E-state index contributed by atoms with van der Waals surface area (Å²) < 4.78 is 43.0. The second kappa shape index (κ2) is 6.71. The predicted octanol–water partition coefficient (Wildman–Crippen LogP) is 3.44. The molecule has 0 aromatic carbocycles. The monoisotopic (exact) mass is 384 g/mol. The lowest BCUT2D eigenvalue weighted by molar-refractivity contribution is -0.141. The summed E-state index contributed by atoms with van der Waals surface area (Å²) >= 11 is 0. The molecule has 1 aliphatic rings. The van der Waals surface area contributed by atoms with Gasteiger partial charge in [0, 0.05) is 24.6 Å². The Morgan fingerprint density at radius 2 is 1.89 bits per heavy atom. The normalized spacial score (nSPS) is 15.3. The first-order valence-electron chi connectivity index (χ1n) is 8.28. The first kappa shape index (κ1) is 18.9. The Morgan fingerprint density at radius 1 is 1.15 bits per heavy atom. The molecule has 0 radical (unpaired) electrons. The van der Waals surface area contributed by atoms with Gasteiger partial charge in [-0.1, -0.05) is 25.9 Å². The quantitative estimate of drug-likeness (QED) is 0.854. The summed E-state index contributed by atoms with van der Waals surface area (Å²) in [6.07, 6.45) is -2.28. The number of rotatable bonds is 2. The van der Waals surface area contributed by atoms with Crippen LogP contribution in [0.1, 0.15) is 38.6 Å². The maximum absolute atomic E-state index is 12.6. The zero-order valence-corrected chi connectivity index (χ0v) is 15.0. The molecule has 2 aromatic heterocycles. The lowest BCUT2D eigenvalue weighted by Gasteiger charge is -2.28. The van der Waals surface area contributed by atoms with Crippen LogP contribution < -0.4 is 10.3 Å². The molecule has 0 unspecified atom stereocenters. The number of carbonyl (C=O) groups excluding carboxylic acids is 1. The molecule has 0 bridgehead atoms. The highest BCUT2D eigenvalue weighted by molar-refractivity contribution is 5.89. The van der Waals surface area contributed by atoms with Gasteiger partial charge < -0.3 is 4.52 Å². The molecule has 1 N–H and O–H groups in total. The van der Waals surface area contributed by atoms with Crippen LogP contribution in [0.5, 0.6) is 0 Å². The topological polar surface area (TPSA) is 87.4 Å². The molecule has 1 saturated heterocycles. The van der Waals surface area contributed by atoms with Crippen LogP contribution in [-0.4, -0.2) is 39.3 Å². The summed E-state index contributed by atoms with van der Waals surface area (Å²) in [5.74, 6) is 0.346. The van der Waals surface area contributed by atoms with Crippen molar-refractivity contribution in [3.63, 3.8) is 0 Å². The van der Waals surface area contributed by atoms with Crippen LogP contribution in [-0.2, 0) is 11.6 Å². The van der Waals surface area contributed by atoms with Crippen LogP contribution in [0.15, 0.2) is 23.0 Å². The highest BCUT2D eigenvalue weighted by Crippen LogP contribution is 2.28. The molecule has 0 spiro atoms. The molecule has 0 atom stereocenters. The number of hydrogen-bond donors (Lipinski definition) is 1. The van der Waals surface area contributed by atoms with E-state index in [9.17, 15) is 18.0 Å². The van der Waals surface area contributed by atoms with Gasteiger partial charge in [0.1, 0.15) is 0 Å². The molecule has 27 heavy (non-hydrogen) atoms. The standard InChI is InChI=1S/C16H19F3N6O2/c1-15(2,3)10-7-13(27-23-10)22-14(26)25-6-4-5-24(25)12-9-20-11(8-21-12)16(17,18)19/h7-9H,4-6H2,1-3H3,(H,22,26). The van der Waals surface area contributed by atoms with E-state index in [4.69, 9.17) is 4.52 Å². The van der Waals surface area contributed by atoms with E-state index in [0.29, 0.717) is 31.4 Å². The summed E-state index contributed by atoms with van der Waals surface area (Å²) in [4.78, 5) is 19.7. The van der Waals surface area contributed by atoms with Crippen LogP contribution in [0.25, 0.3) is 0 Å². The molecule has 0 aliphatic carbocycles. The van der Waals surface area contributed by atoms with E-state index in [1.807, 2.05) is 20.8 Å². The molecule has 2 amide bonds. The third kappa shape index (κ3) is 4.12. The van der Waals surface area contributed by atoms with Gasteiger partial charge in [-0.05, 0) is 6.42 Å². The van der Waals surface area contributed by atoms with Gasteiger partial charge in [0.2, 0.25) is 5.88 Å². The first-order valence-corrected chi connectivity index (χ1v) is 8.28. The Balaban J connectivity index is 1.72. The fourth-order valence-corrected chi connectivity index (χ4v) is 2.52. The van der Waals surface area contributed by atoms with Crippen LogP contribution in [0.2, 0.25) is 0 Å². The Morgan fingerprint density at radius 3 is 2.44 bits per heavy atom. The Bertz CT molecular complexity index is 813. The Labute approximate surface area is 153 Å². The summed E-state index contributed by atoms with van der Waals surface area (Å²) in [6, 6.07) is 1.14. The smallest absolute Gasteiger partial charge is 0.338 e. The molecule has 8 nitrogen and oxygen atoms in total. The van der Waals surface area contributed by atoms with E-state index in [2.05, 4.69) is 20.4 Å². The second-order valence-electron chi connectivity index (χ2n) is 7.11. The van der Waals surface area contributed by atoms with Crippen LogP contribution in [0.4, 0.5) is 29.7 Å². The minimum atomic E-state index is -4.56. The van der Waals surface area contributed by atoms with Crippen molar-refractivity contribution in [3.8, 4) is 0 Å². The van der Waals surface area contributed by atoms with Crippen LogP contribution in [0.3, 0.4) is 0 Å². The number of nitrogens with one attached hydrogen (secondary N) is 1. The van der Waals surface area contributed by atoms with Gasteiger partial charge in [0.25, 0.3) is 0 Å². The largest absolute Gasteiger partial charge is 0.434 e. The fraction of sp³-hybridized carbons (Fsp3) is 0.500. The number of nitrogens with zero attached hydrogens (tertiary/aromatic N) is 5. The number of urea groups is 1. The summed E-state index contributed by atoms with van der Waals surface area (Å²) in [5, 5.41) is 9.35. The van der Waals surface area contributed by atoms with Crippen molar-refractivity contribution in [2.45, 2.75) is 38.8 Å². The van der Waals surface area contributed by atoms with Crippen molar-refractivity contribution < 1.29 is 22.5 Å². The zero-order chi connectivity index (χ0) is 19.8. The summed E-state index contributed by atoms with van der Waals surface area (Å²) in [5.41, 5.74) is -0.635. The van der Waals surface area contributed by atoms with Crippen molar-refractivity contribution >= 4 is 17.7 Å². The molecule has 3 rings (SSSR count). The minimum Gasteiger partial charge on any atom is -0.338 e. The first-order chi connectivity index (χ1) is 12.6. The zero-order valence-electron chi connectivity index (χ0n) is 15.0. The van der Waals surface area contributed by atoms with Crippen molar-refractivity contribution in [1.82, 2.24) is 20.1 Å². The van der Waals surface area contributed by atoms with Crippen molar-refractivity contribution in [3.05, 3.63) is 29.8 Å². The van der Waals surface area contributed by atoms with Gasteiger partial charge in [-0.2, -0.15) is 13.2 Å².